The fourth-order valence-corrected chi connectivity index (χ4v) is 2.47. The molecule has 0 radical (unpaired) electrons. The van der Waals surface area contributed by atoms with E-state index >= 15 is 0 Å². The third-order valence-corrected chi connectivity index (χ3v) is 3.89. The van der Waals surface area contributed by atoms with Gasteiger partial charge in [-0.3, -0.25) is 4.90 Å². The SMILES string of the molecule is Cc1ccc(C(O)C(C)(C)N2CCOCC2)cc1. The summed E-state index contributed by atoms with van der Waals surface area (Å²) in [6, 6.07) is 8.13. The Morgan fingerprint density at radius 1 is 1.17 bits per heavy atom. The maximum absolute atomic E-state index is 10.6. The summed E-state index contributed by atoms with van der Waals surface area (Å²) in [4.78, 5) is 2.31. The van der Waals surface area contributed by atoms with Crippen molar-refractivity contribution in [2.75, 3.05) is 26.3 Å². The lowest BCUT2D eigenvalue weighted by Crippen LogP contribution is -2.53. The highest BCUT2D eigenvalue weighted by molar-refractivity contribution is 5.25. The Hall–Kier alpha value is -0.900. The third-order valence-electron chi connectivity index (χ3n) is 3.89. The Bertz CT molecular complexity index is 380. The van der Waals surface area contributed by atoms with Gasteiger partial charge in [-0.1, -0.05) is 29.8 Å². The van der Waals surface area contributed by atoms with Gasteiger partial charge in [0.05, 0.1) is 19.3 Å². The van der Waals surface area contributed by atoms with Crippen molar-refractivity contribution >= 4 is 0 Å². The normalized spacial score (nSPS) is 19.8. The van der Waals surface area contributed by atoms with E-state index in [9.17, 15) is 5.11 Å². The Morgan fingerprint density at radius 3 is 2.28 bits per heavy atom. The van der Waals surface area contributed by atoms with Gasteiger partial charge >= 0.3 is 0 Å². The number of morpholine rings is 1. The van der Waals surface area contributed by atoms with Gasteiger partial charge in [-0.15, -0.1) is 0 Å². The summed E-state index contributed by atoms with van der Waals surface area (Å²) in [5.41, 5.74) is 1.94. The molecule has 0 aromatic heterocycles. The van der Waals surface area contributed by atoms with Crippen LogP contribution in [0, 0.1) is 6.92 Å². The van der Waals surface area contributed by atoms with Gasteiger partial charge < -0.3 is 9.84 Å². The van der Waals surface area contributed by atoms with E-state index in [2.05, 4.69) is 25.7 Å². The number of aryl methyl sites for hydroxylation is 1. The number of rotatable bonds is 3. The standard InChI is InChI=1S/C15H23NO2/c1-12-4-6-13(7-5-12)14(17)15(2,3)16-8-10-18-11-9-16/h4-7,14,17H,8-11H2,1-3H3. The van der Waals surface area contributed by atoms with Crippen LogP contribution in [0.4, 0.5) is 0 Å². The second-order valence-corrected chi connectivity index (χ2v) is 5.57. The van der Waals surface area contributed by atoms with Crippen molar-refractivity contribution in [3.63, 3.8) is 0 Å². The molecule has 0 aliphatic carbocycles. The van der Waals surface area contributed by atoms with Crippen molar-refractivity contribution in [3.05, 3.63) is 35.4 Å². The molecule has 18 heavy (non-hydrogen) atoms. The molecule has 2 rings (SSSR count). The second-order valence-electron chi connectivity index (χ2n) is 5.57. The van der Waals surface area contributed by atoms with Crippen molar-refractivity contribution in [3.8, 4) is 0 Å². The van der Waals surface area contributed by atoms with Crippen LogP contribution in [-0.2, 0) is 4.74 Å². The molecule has 3 heteroatoms. The first kappa shape index (κ1) is 13.5. The van der Waals surface area contributed by atoms with Crippen LogP contribution in [0.1, 0.15) is 31.1 Å². The molecule has 100 valence electrons. The molecular weight excluding hydrogens is 226 g/mol. The predicted molar refractivity (Wildman–Crippen MR) is 72.6 cm³/mol. The fourth-order valence-electron chi connectivity index (χ4n) is 2.47. The lowest BCUT2D eigenvalue weighted by atomic mass is 9.89. The average molecular weight is 249 g/mol. The Kier molecular flexibility index (Phi) is 4.05. The molecule has 3 nitrogen and oxygen atoms in total. The van der Waals surface area contributed by atoms with Crippen LogP contribution in [0.15, 0.2) is 24.3 Å². The summed E-state index contributed by atoms with van der Waals surface area (Å²) in [6.07, 6.45) is -0.476. The van der Waals surface area contributed by atoms with E-state index in [1.165, 1.54) is 5.56 Å². The van der Waals surface area contributed by atoms with E-state index in [1.54, 1.807) is 0 Å². The van der Waals surface area contributed by atoms with Crippen LogP contribution in [0.25, 0.3) is 0 Å². The fraction of sp³-hybridized carbons (Fsp3) is 0.600. The van der Waals surface area contributed by atoms with Gasteiger partial charge in [0.25, 0.3) is 0 Å². The van der Waals surface area contributed by atoms with Gasteiger partial charge in [-0.05, 0) is 26.3 Å². The highest BCUT2D eigenvalue weighted by Gasteiger charge is 2.35. The monoisotopic (exact) mass is 249 g/mol. The Labute approximate surface area is 109 Å². The molecule has 0 bridgehead atoms. The Balaban J connectivity index is 2.14. The third kappa shape index (κ3) is 2.74. The summed E-state index contributed by atoms with van der Waals surface area (Å²) < 4.78 is 5.37. The first-order valence-corrected chi connectivity index (χ1v) is 6.59. The summed E-state index contributed by atoms with van der Waals surface area (Å²) in [5.74, 6) is 0. The molecule has 1 N–H and O–H groups in total. The smallest absolute Gasteiger partial charge is 0.0968 e. The number of nitrogens with zero attached hydrogens (tertiary/aromatic N) is 1. The van der Waals surface area contributed by atoms with Crippen molar-refractivity contribution < 1.29 is 9.84 Å². The quantitative estimate of drug-likeness (QED) is 0.891. The second kappa shape index (κ2) is 5.39. The van der Waals surface area contributed by atoms with Crippen LogP contribution in [0.2, 0.25) is 0 Å². The average Bonchev–Trinajstić information content (AvgIpc) is 2.40. The zero-order valence-electron chi connectivity index (χ0n) is 11.5. The van der Waals surface area contributed by atoms with Crippen LogP contribution < -0.4 is 0 Å². The largest absolute Gasteiger partial charge is 0.386 e. The van der Waals surface area contributed by atoms with Crippen LogP contribution >= 0.6 is 0 Å². The lowest BCUT2D eigenvalue weighted by Gasteiger charge is -2.43. The highest BCUT2D eigenvalue weighted by atomic mass is 16.5. The number of ether oxygens (including phenoxy) is 1. The van der Waals surface area contributed by atoms with Crippen molar-refractivity contribution in [1.29, 1.82) is 0 Å². The van der Waals surface area contributed by atoms with Crippen molar-refractivity contribution in [2.24, 2.45) is 0 Å². The van der Waals surface area contributed by atoms with E-state index in [4.69, 9.17) is 4.74 Å². The van der Waals surface area contributed by atoms with E-state index in [1.807, 2.05) is 24.3 Å². The molecule has 1 aliphatic heterocycles. The molecule has 0 amide bonds. The molecule has 1 fully saturated rings. The number of aliphatic hydroxyl groups excluding tert-OH is 1. The summed E-state index contributed by atoms with van der Waals surface area (Å²) in [7, 11) is 0. The molecule has 1 aromatic rings. The molecular formula is C15H23NO2. The first-order chi connectivity index (χ1) is 8.51. The van der Waals surface area contributed by atoms with E-state index in [-0.39, 0.29) is 5.54 Å². The number of hydrogen-bond acceptors (Lipinski definition) is 3. The van der Waals surface area contributed by atoms with Gasteiger partial charge in [0.15, 0.2) is 0 Å². The zero-order chi connectivity index (χ0) is 13.2. The number of aliphatic hydroxyl groups is 1. The minimum atomic E-state index is -0.476. The van der Waals surface area contributed by atoms with Gasteiger partial charge in [-0.25, -0.2) is 0 Å². The number of hydrogen-bond donors (Lipinski definition) is 1. The maximum atomic E-state index is 10.6. The molecule has 0 saturated carbocycles. The van der Waals surface area contributed by atoms with Gasteiger partial charge in [0, 0.05) is 18.6 Å². The lowest BCUT2D eigenvalue weighted by molar-refractivity contribution is -0.0630. The maximum Gasteiger partial charge on any atom is 0.0968 e. The van der Waals surface area contributed by atoms with E-state index in [0.717, 1.165) is 31.9 Å². The molecule has 1 aliphatic rings. The topological polar surface area (TPSA) is 32.7 Å². The molecule has 1 saturated heterocycles. The Morgan fingerprint density at radius 2 is 1.72 bits per heavy atom. The summed E-state index contributed by atoms with van der Waals surface area (Å²) >= 11 is 0. The van der Waals surface area contributed by atoms with Gasteiger partial charge in [0.2, 0.25) is 0 Å². The van der Waals surface area contributed by atoms with E-state index in [0.29, 0.717) is 0 Å². The van der Waals surface area contributed by atoms with E-state index < -0.39 is 6.10 Å². The van der Waals surface area contributed by atoms with Crippen LogP contribution in [0.3, 0.4) is 0 Å². The molecule has 0 spiro atoms. The number of benzene rings is 1. The van der Waals surface area contributed by atoms with Gasteiger partial charge in [0.1, 0.15) is 0 Å². The summed E-state index contributed by atoms with van der Waals surface area (Å²) in [6.45, 7) is 9.54. The minimum absolute atomic E-state index is 0.265. The molecule has 1 atom stereocenters. The van der Waals surface area contributed by atoms with Gasteiger partial charge in [-0.2, -0.15) is 0 Å². The molecule has 1 aromatic carbocycles. The highest BCUT2D eigenvalue weighted by Crippen LogP contribution is 2.31. The molecule has 1 heterocycles. The van der Waals surface area contributed by atoms with Crippen molar-refractivity contribution in [1.82, 2.24) is 4.90 Å². The predicted octanol–water partition coefficient (Wildman–Crippen LogP) is 2.14. The van der Waals surface area contributed by atoms with Crippen LogP contribution in [-0.4, -0.2) is 41.8 Å². The summed E-state index contributed by atoms with van der Waals surface area (Å²) in [5, 5.41) is 10.6. The molecule has 1 unspecified atom stereocenters. The minimum Gasteiger partial charge on any atom is -0.386 e. The zero-order valence-corrected chi connectivity index (χ0v) is 11.5. The van der Waals surface area contributed by atoms with Crippen LogP contribution in [0.5, 0.6) is 0 Å². The van der Waals surface area contributed by atoms with Crippen molar-refractivity contribution in [2.45, 2.75) is 32.4 Å². The first-order valence-electron chi connectivity index (χ1n) is 6.59.